The minimum absolute atomic E-state index is 0.0823. The van der Waals surface area contributed by atoms with Crippen molar-refractivity contribution in [3.8, 4) is 5.75 Å². The van der Waals surface area contributed by atoms with E-state index >= 15 is 0 Å². The van der Waals surface area contributed by atoms with Gasteiger partial charge in [0, 0.05) is 6.54 Å². The molecule has 0 spiro atoms. The second-order valence-corrected chi connectivity index (χ2v) is 5.64. The fourth-order valence-electron chi connectivity index (χ4n) is 2.92. The Bertz CT molecular complexity index is 540. The van der Waals surface area contributed by atoms with Crippen LogP contribution >= 0.6 is 0 Å². The Morgan fingerprint density at radius 3 is 2.90 bits per heavy atom. The van der Waals surface area contributed by atoms with Gasteiger partial charge in [-0.15, -0.1) is 0 Å². The molecule has 2 atom stereocenters. The predicted octanol–water partition coefficient (Wildman–Crippen LogP) is 3.70. The lowest BCUT2D eigenvalue weighted by Crippen LogP contribution is -2.20. The fourth-order valence-corrected chi connectivity index (χ4v) is 2.92. The summed E-state index contributed by atoms with van der Waals surface area (Å²) in [5, 5.41) is 23.5. The number of allylic oxidation sites excluding steroid dienone is 2. The van der Waals surface area contributed by atoms with Gasteiger partial charge in [0.25, 0.3) is 5.69 Å². The highest BCUT2D eigenvalue weighted by Gasteiger charge is 2.20. The Morgan fingerprint density at radius 2 is 2.25 bits per heavy atom. The van der Waals surface area contributed by atoms with Crippen molar-refractivity contribution >= 4 is 11.4 Å². The molecule has 1 aliphatic rings. The van der Waals surface area contributed by atoms with Crippen molar-refractivity contribution in [1.29, 1.82) is 0 Å². The molecule has 2 unspecified atom stereocenters. The van der Waals surface area contributed by atoms with Gasteiger partial charge in [0.05, 0.1) is 11.0 Å². The van der Waals surface area contributed by atoms with Crippen molar-refractivity contribution in [2.24, 2.45) is 11.8 Å². The zero-order valence-electron chi connectivity index (χ0n) is 11.8. The first-order chi connectivity index (χ1) is 9.45. The van der Waals surface area contributed by atoms with Crippen molar-refractivity contribution in [3.05, 3.63) is 40.0 Å². The quantitative estimate of drug-likeness (QED) is 0.380. The summed E-state index contributed by atoms with van der Waals surface area (Å²) in [6.07, 6.45) is 4.42. The van der Waals surface area contributed by atoms with Crippen molar-refractivity contribution in [2.45, 2.75) is 26.7 Å². The van der Waals surface area contributed by atoms with E-state index in [0.717, 1.165) is 12.8 Å². The maximum atomic E-state index is 11.0. The topological polar surface area (TPSA) is 75.4 Å². The van der Waals surface area contributed by atoms with Gasteiger partial charge >= 0.3 is 0 Å². The Morgan fingerprint density at radius 1 is 1.50 bits per heavy atom. The van der Waals surface area contributed by atoms with Gasteiger partial charge in [-0.25, -0.2) is 0 Å². The molecule has 2 rings (SSSR count). The van der Waals surface area contributed by atoms with Crippen LogP contribution in [0, 0.1) is 22.0 Å². The highest BCUT2D eigenvalue weighted by atomic mass is 16.6. The number of aromatic hydroxyl groups is 1. The number of nitrogens with one attached hydrogen (secondary N) is 1. The molecule has 20 heavy (non-hydrogen) atoms. The van der Waals surface area contributed by atoms with Gasteiger partial charge in [-0.2, -0.15) is 0 Å². The summed E-state index contributed by atoms with van der Waals surface area (Å²) < 4.78 is 0. The van der Waals surface area contributed by atoms with E-state index in [9.17, 15) is 15.2 Å². The van der Waals surface area contributed by atoms with Crippen molar-refractivity contribution in [1.82, 2.24) is 0 Å². The van der Waals surface area contributed by atoms with E-state index < -0.39 is 4.92 Å². The number of nitro groups is 1. The highest BCUT2D eigenvalue weighted by Crippen LogP contribution is 2.31. The molecule has 0 heterocycles. The molecule has 0 radical (unpaired) electrons. The van der Waals surface area contributed by atoms with Crippen LogP contribution < -0.4 is 5.32 Å². The smallest absolute Gasteiger partial charge is 0.296 e. The average molecular weight is 276 g/mol. The predicted molar refractivity (Wildman–Crippen MR) is 78.9 cm³/mol. The van der Waals surface area contributed by atoms with E-state index in [0.29, 0.717) is 24.1 Å². The SMILES string of the molecule is CC1=CC(C)CC(CNc2ccc(O)cc2[N+](=O)[O-])C1. The molecule has 0 fully saturated rings. The van der Waals surface area contributed by atoms with Gasteiger partial charge < -0.3 is 10.4 Å². The van der Waals surface area contributed by atoms with Crippen LogP contribution in [0.25, 0.3) is 0 Å². The summed E-state index contributed by atoms with van der Waals surface area (Å²) in [5.41, 5.74) is 1.77. The number of benzene rings is 1. The zero-order chi connectivity index (χ0) is 14.7. The van der Waals surface area contributed by atoms with E-state index in [1.165, 1.54) is 17.7 Å². The van der Waals surface area contributed by atoms with E-state index in [2.05, 4.69) is 25.2 Å². The molecular formula is C15H20N2O3. The van der Waals surface area contributed by atoms with Crippen LogP contribution in [-0.4, -0.2) is 16.6 Å². The third-order valence-corrected chi connectivity index (χ3v) is 3.64. The lowest BCUT2D eigenvalue weighted by Gasteiger charge is -2.25. The molecule has 1 aliphatic carbocycles. The number of anilines is 1. The molecule has 5 heteroatoms. The van der Waals surface area contributed by atoms with Crippen molar-refractivity contribution in [3.63, 3.8) is 0 Å². The maximum absolute atomic E-state index is 11.0. The number of hydrogen-bond acceptors (Lipinski definition) is 4. The summed E-state index contributed by atoms with van der Waals surface area (Å²) in [6, 6.07) is 4.20. The van der Waals surface area contributed by atoms with Gasteiger partial charge in [0.15, 0.2) is 0 Å². The Labute approximate surface area is 118 Å². The number of phenolic OH excluding ortho intramolecular Hbond substituents is 1. The molecule has 1 aromatic carbocycles. The van der Waals surface area contributed by atoms with Crippen LogP contribution in [0.5, 0.6) is 5.75 Å². The number of rotatable bonds is 4. The first-order valence-electron chi connectivity index (χ1n) is 6.84. The highest BCUT2D eigenvalue weighted by molar-refractivity contribution is 5.63. The lowest BCUT2D eigenvalue weighted by molar-refractivity contribution is -0.384. The third kappa shape index (κ3) is 3.50. The van der Waals surface area contributed by atoms with Crippen LogP contribution in [0.2, 0.25) is 0 Å². The van der Waals surface area contributed by atoms with Crippen LogP contribution in [0.3, 0.4) is 0 Å². The fraction of sp³-hybridized carbons (Fsp3) is 0.467. The summed E-state index contributed by atoms with van der Waals surface area (Å²) >= 11 is 0. The van der Waals surface area contributed by atoms with Crippen molar-refractivity contribution < 1.29 is 10.0 Å². The van der Waals surface area contributed by atoms with Crippen molar-refractivity contribution in [2.75, 3.05) is 11.9 Å². The molecule has 0 aromatic heterocycles. The molecule has 0 saturated carbocycles. The standard InChI is InChI=1S/C15H20N2O3/c1-10-5-11(2)7-12(6-10)9-16-14-4-3-13(18)8-15(14)17(19)20/h3-5,8,10,12,16,18H,6-7,9H2,1-2H3. The Balaban J connectivity index is 2.04. The van der Waals surface area contributed by atoms with Gasteiger partial charge in [-0.05, 0) is 43.7 Å². The third-order valence-electron chi connectivity index (χ3n) is 3.64. The first-order valence-corrected chi connectivity index (χ1v) is 6.84. The Kier molecular flexibility index (Phi) is 4.27. The zero-order valence-corrected chi connectivity index (χ0v) is 11.8. The van der Waals surface area contributed by atoms with Gasteiger partial charge in [0.1, 0.15) is 11.4 Å². The minimum atomic E-state index is -0.475. The maximum Gasteiger partial charge on any atom is 0.296 e. The second kappa shape index (κ2) is 5.94. The average Bonchev–Trinajstić information content (AvgIpc) is 2.36. The van der Waals surface area contributed by atoms with Crippen LogP contribution in [0.1, 0.15) is 26.7 Å². The van der Waals surface area contributed by atoms with Crippen LogP contribution in [0.15, 0.2) is 29.8 Å². The number of nitro benzene ring substituents is 1. The lowest BCUT2D eigenvalue weighted by atomic mass is 9.84. The van der Waals surface area contributed by atoms with E-state index in [4.69, 9.17) is 0 Å². The number of nitrogens with zero attached hydrogens (tertiary/aromatic N) is 1. The molecule has 5 nitrogen and oxygen atoms in total. The molecule has 2 N–H and O–H groups in total. The van der Waals surface area contributed by atoms with E-state index in [1.54, 1.807) is 6.07 Å². The largest absolute Gasteiger partial charge is 0.508 e. The molecule has 0 amide bonds. The molecule has 108 valence electrons. The summed E-state index contributed by atoms with van der Waals surface area (Å²) in [4.78, 5) is 10.5. The van der Waals surface area contributed by atoms with Gasteiger partial charge in [-0.3, -0.25) is 10.1 Å². The summed E-state index contributed by atoms with van der Waals surface area (Å²) in [5.74, 6) is 0.959. The Hall–Kier alpha value is -2.04. The molecule has 0 bridgehead atoms. The first kappa shape index (κ1) is 14.4. The van der Waals surface area contributed by atoms with Crippen LogP contribution in [0.4, 0.5) is 11.4 Å². The van der Waals surface area contributed by atoms with E-state index in [1.807, 2.05) is 0 Å². The number of hydrogen-bond donors (Lipinski definition) is 2. The monoisotopic (exact) mass is 276 g/mol. The summed E-state index contributed by atoms with van der Waals surface area (Å²) in [7, 11) is 0. The molecular weight excluding hydrogens is 256 g/mol. The molecule has 1 aromatic rings. The van der Waals surface area contributed by atoms with Crippen LogP contribution in [-0.2, 0) is 0 Å². The normalized spacial score (nSPS) is 22.2. The van der Waals surface area contributed by atoms with E-state index in [-0.39, 0.29) is 11.4 Å². The molecule has 0 saturated heterocycles. The second-order valence-electron chi connectivity index (χ2n) is 5.64. The van der Waals surface area contributed by atoms with Gasteiger partial charge in [-0.1, -0.05) is 18.6 Å². The minimum Gasteiger partial charge on any atom is -0.508 e. The summed E-state index contributed by atoms with van der Waals surface area (Å²) in [6.45, 7) is 5.03. The number of phenols is 1. The molecule has 0 aliphatic heterocycles. The van der Waals surface area contributed by atoms with Gasteiger partial charge in [0.2, 0.25) is 0 Å².